The fourth-order valence-corrected chi connectivity index (χ4v) is 2.79. The molecule has 94 valence electrons. The highest BCUT2D eigenvalue weighted by atomic mass is 14.9. The number of nitrogens with one attached hydrogen (secondary N) is 1. The highest BCUT2D eigenvalue weighted by Gasteiger charge is 2.13. The molecule has 1 unspecified atom stereocenters. The van der Waals surface area contributed by atoms with Gasteiger partial charge in [0, 0.05) is 6.04 Å². The molecule has 1 aromatic carbocycles. The first-order valence-corrected chi connectivity index (χ1v) is 7.20. The first-order chi connectivity index (χ1) is 8.35. The predicted molar refractivity (Wildman–Crippen MR) is 74.4 cm³/mol. The first kappa shape index (κ1) is 12.6. The zero-order valence-corrected chi connectivity index (χ0v) is 11.3. The van der Waals surface area contributed by atoms with Crippen LogP contribution in [0.25, 0.3) is 0 Å². The van der Waals surface area contributed by atoms with Crippen molar-refractivity contribution in [2.24, 2.45) is 0 Å². The molecule has 0 bridgehead atoms. The van der Waals surface area contributed by atoms with Crippen molar-refractivity contribution in [3.8, 4) is 0 Å². The van der Waals surface area contributed by atoms with Gasteiger partial charge in [-0.05, 0) is 61.8 Å². The van der Waals surface area contributed by atoms with E-state index in [-0.39, 0.29) is 0 Å². The smallest absolute Gasteiger partial charge is 0.0317 e. The maximum absolute atomic E-state index is 3.64. The summed E-state index contributed by atoms with van der Waals surface area (Å²) in [6.07, 6.45) is 7.70. The molecule has 0 saturated carbocycles. The molecule has 0 saturated heterocycles. The van der Waals surface area contributed by atoms with Crippen LogP contribution in [-0.4, -0.2) is 6.54 Å². The van der Waals surface area contributed by atoms with Gasteiger partial charge in [0.2, 0.25) is 0 Å². The lowest BCUT2D eigenvalue weighted by Crippen LogP contribution is -2.21. The lowest BCUT2D eigenvalue weighted by atomic mass is 9.89. The van der Waals surface area contributed by atoms with Crippen molar-refractivity contribution in [2.45, 2.75) is 58.4 Å². The Morgan fingerprint density at radius 2 is 1.88 bits per heavy atom. The Morgan fingerprint density at radius 3 is 2.59 bits per heavy atom. The molecule has 1 atom stereocenters. The molecule has 1 N–H and O–H groups in total. The molecule has 0 fully saturated rings. The van der Waals surface area contributed by atoms with E-state index < -0.39 is 0 Å². The van der Waals surface area contributed by atoms with Crippen LogP contribution in [0.4, 0.5) is 0 Å². The third-order valence-corrected chi connectivity index (χ3v) is 3.82. The SMILES string of the molecule is CCCNC(CC)c1ccc2c(c1)CCCC2. The van der Waals surface area contributed by atoms with Gasteiger partial charge in [0.05, 0.1) is 0 Å². The maximum Gasteiger partial charge on any atom is 0.0317 e. The minimum Gasteiger partial charge on any atom is -0.310 e. The number of benzene rings is 1. The van der Waals surface area contributed by atoms with E-state index in [1.54, 1.807) is 11.1 Å². The van der Waals surface area contributed by atoms with Gasteiger partial charge < -0.3 is 5.32 Å². The lowest BCUT2D eigenvalue weighted by Gasteiger charge is -2.21. The summed E-state index contributed by atoms with van der Waals surface area (Å²) in [5.74, 6) is 0. The van der Waals surface area contributed by atoms with E-state index >= 15 is 0 Å². The Bertz CT molecular complexity index is 357. The summed E-state index contributed by atoms with van der Waals surface area (Å²) in [6, 6.07) is 7.69. The summed E-state index contributed by atoms with van der Waals surface area (Å²) in [5.41, 5.74) is 4.68. The van der Waals surface area contributed by atoms with Crippen molar-refractivity contribution in [1.82, 2.24) is 5.32 Å². The number of rotatable bonds is 5. The second kappa shape index (κ2) is 6.20. The van der Waals surface area contributed by atoms with Gasteiger partial charge in [-0.3, -0.25) is 0 Å². The summed E-state index contributed by atoms with van der Waals surface area (Å²) in [6.45, 7) is 5.62. The second-order valence-corrected chi connectivity index (χ2v) is 5.15. The third kappa shape index (κ3) is 3.10. The Labute approximate surface area is 106 Å². The van der Waals surface area contributed by atoms with E-state index in [1.807, 2.05) is 0 Å². The van der Waals surface area contributed by atoms with Crippen LogP contribution in [0.15, 0.2) is 18.2 Å². The average Bonchev–Trinajstić information content (AvgIpc) is 2.39. The fourth-order valence-electron chi connectivity index (χ4n) is 2.79. The van der Waals surface area contributed by atoms with Crippen LogP contribution in [0.3, 0.4) is 0 Å². The van der Waals surface area contributed by atoms with Gasteiger partial charge in [-0.2, -0.15) is 0 Å². The Hall–Kier alpha value is -0.820. The first-order valence-electron chi connectivity index (χ1n) is 7.20. The lowest BCUT2D eigenvalue weighted by molar-refractivity contribution is 0.517. The largest absolute Gasteiger partial charge is 0.310 e. The fraction of sp³-hybridized carbons (Fsp3) is 0.625. The second-order valence-electron chi connectivity index (χ2n) is 5.15. The van der Waals surface area contributed by atoms with E-state index in [9.17, 15) is 0 Å². The average molecular weight is 231 g/mol. The monoisotopic (exact) mass is 231 g/mol. The Kier molecular flexibility index (Phi) is 4.61. The van der Waals surface area contributed by atoms with Gasteiger partial charge >= 0.3 is 0 Å². The van der Waals surface area contributed by atoms with Crippen molar-refractivity contribution in [3.05, 3.63) is 34.9 Å². The molecule has 0 aromatic heterocycles. The van der Waals surface area contributed by atoms with Gasteiger partial charge in [-0.25, -0.2) is 0 Å². The maximum atomic E-state index is 3.64. The molecular weight excluding hydrogens is 206 g/mol. The van der Waals surface area contributed by atoms with Gasteiger partial charge in [-0.1, -0.05) is 32.0 Å². The van der Waals surface area contributed by atoms with Gasteiger partial charge in [0.15, 0.2) is 0 Å². The topological polar surface area (TPSA) is 12.0 Å². The number of aryl methyl sites for hydroxylation is 2. The van der Waals surface area contributed by atoms with Crippen LogP contribution in [0.2, 0.25) is 0 Å². The molecule has 2 rings (SSSR count). The number of hydrogen-bond acceptors (Lipinski definition) is 1. The van der Waals surface area contributed by atoms with Crippen LogP contribution in [0.5, 0.6) is 0 Å². The van der Waals surface area contributed by atoms with Gasteiger partial charge in [-0.15, -0.1) is 0 Å². The summed E-state index contributed by atoms with van der Waals surface area (Å²) < 4.78 is 0. The zero-order valence-electron chi connectivity index (χ0n) is 11.3. The van der Waals surface area contributed by atoms with Gasteiger partial charge in [0.1, 0.15) is 0 Å². The molecule has 0 heterocycles. The van der Waals surface area contributed by atoms with E-state index in [0.29, 0.717) is 6.04 Å². The normalized spacial score (nSPS) is 16.6. The molecule has 1 aliphatic rings. The molecule has 1 heteroatoms. The predicted octanol–water partition coefficient (Wildman–Crippen LogP) is 4.02. The molecule has 0 amide bonds. The molecule has 0 aliphatic heterocycles. The van der Waals surface area contributed by atoms with Crippen LogP contribution < -0.4 is 5.32 Å². The van der Waals surface area contributed by atoms with E-state index in [1.165, 1.54) is 44.1 Å². The minimum atomic E-state index is 0.544. The summed E-state index contributed by atoms with van der Waals surface area (Å²) in [7, 11) is 0. The molecular formula is C16H25N. The Balaban J connectivity index is 2.13. The quantitative estimate of drug-likeness (QED) is 0.807. The van der Waals surface area contributed by atoms with Crippen LogP contribution >= 0.6 is 0 Å². The zero-order chi connectivity index (χ0) is 12.1. The molecule has 0 spiro atoms. The van der Waals surface area contributed by atoms with Crippen molar-refractivity contribution in [1.29, 1.82) is 0 Å². The Morgan fingerprint density at radius 1 is 1.12 bits per heavy atom. The van der Waals surface area contributed by atoms with Crippen LogP contribution in [-0.2, 0) is 12.8 Å². The van der Waals surface area contributed by atoms with Gasteiger partial charge in [0.25, 0.3) is 0 Å². The molecule has 17 heavy (non-hydrogen) atoms. The highest BCUT2D eigenvalue weighted by Crippen LogP contribution is 2.25. The minimum absolute atomic E-state index is 0.544. The van der Waals surface area contributed by atoms with Crippen molar-refractivity contribution in [3.63, 3.8) is 0 Å². The van der Waals surface area contributed by atoms with E-state index in [2.05, 4.69) is 37.4 Å². The molecule has 1 aliphatic carbocycles. The molecule has 0 radical (unpaired) electrons. The standard InChI is InChI=1S/C16H25N/c1-3-11-17-16(4-2)15-10-9-13-7-5-6-8-14(13)12-15/h9-10,12,16-17H,3-8,11H2,1-2H3. The molecule has 1 nitrogen and oxygen atoms in total. The van der Waals surface area contributed by atoms with Crippen molar-refractivity contribution >= 4 is 0 Å². The molecule has 1 aromatic rings. The number of fused-ring (bicyclic) bond motifs is 1. The van der Waals surface area contributed by atoms with E-state index in [0.717, 1.165) is 6.54 Å². The van der Waals surface area contributed by atoms with Crippen LogP contribution in [0, 0.1) is 0 Å². The third-order valence-electron chi connectivity index (χ3n) is 3.82. The summed E-state index contributed by atoms with van der Waals surface area (Å²) in [5, 5.41) is 3.64. The summed E-state index contributed by atoms with van der Waals surface area (Å²) in [4.78, 5) is 0. The summed E-state index contributed by atoms with van der Waals surface area (Å²) >= 11 is 0. The van der Waals surface area contributed by atoms with Crippen LogP contribution in [0.1, 0.15) is 62.3 Å². The van der Waals surface area contributed by atoms with Crippen molar-refractivity contribution < 1.29 is 0 Å². The van der Waals surface area contributed by atoms with Crippen molar-refractivity contribution in [2.75, 3.05) is 6.54 Å². The number of hydrogen-bond donors (Lipinski definition) is 1. The highest BCUT2D eigenvalue weighted by molar-refractivity contribution is 5.35. The van der Waals surface area contributed by atoms with E-state index in [4.69, 9.17) is 0 Å².